The average molecular weight is 421 g/mol. The van der Waals surface area contributed by atoms with Crippen molar-refractivity contribution in [2.45, 2.75) is 34.2 Å². The topological polar surface area (TPSA) is 52.0 Å². The number of Topliss-reactive ketones (excluding diaryl/α,β-unsaturated/α-hetero) is 1. The number of nitrogens with zero attached hydrogens (tertiary/aromatic N) is 2. The Morgan fingerprint density at radius 2 is 1.77 bits per heavy atom. The summed E-state index contributed by atoms with van der Waals surface area (Å²) in [4.78, 5) is 32.5. The first-order valence-electron chi connectivity index (χ1n) is 9.63. The van der Waals surface area contributed by atoms with E-state index in [0.29, 0.717) is 27.2 Å². The normalized spacial score (nSPS) is 11.2. The number of benzene rings is 2. The molecule has 0 saturated heterocycles. The molecule has 0 N–H and O–H groups in total. The Labute approximate surface area is 177 Å². The number of hydrogen-bond acceptors (Lipinski definition) is 4. The van der Waals surface area contributed by atoms with E-state index in [0.717, 1.165) is 21.6 Å². The van der Waals surface area contributed by atoms with Gasteiger partial charge in [0, 0.05) is 16.0 Å². The molecular formula is C24H21FN2O2S. The monoisotopic (exact) mass is 420 g/mol. The van der Waals surface area contributed by atoms with Crippen molar-refractivity contribution in [3.05, 3.63) is 86.0 Å². The van der Waals surface area contributed by atoms with Gasteiger partial charge in [-0.3, -0.25) is 14.2 Å². The third-order valence-electron chi connectivity index (χ3n) is 5.30. The lowest BCUT2D eigenvalue weighted by Crippen LogP contribution is -2.27. The van der Waals surface area contributed by atoms with Gasteiger partial charge >= 0.3 is 0 Å². The fraction of sp³-hybridized carbons (Fsp3) is 0.208. The summed E-state index contributed by atoms with van der Waals surface area (Å²) < 4.78 is 15.0. The molecule has 4 rings (SSSR count). The minimum Gasteiger partial charge on any atom is -0.292 e. The van der Waals surface area contributed by atoms with E-state index in [1.807, 2.05) is 38.1 Å². The molecule has 0 amide bonds. The number of fused-ring (bicyclic) bond motifs is 1. The fourth-order valence-electron chi connectivity index (χ4n) is 3.60. The molecule has 4 nitrogen and oxygen atoms in total. The van der Waals surface area contributed by atoms with Crippen molar-refractivity contribution in [1.29, 1.82) is 0 Å². The first-order valence-corrected chi connectivity index (χ1v) is 10.4. The number of rotatable bonds is 4. The second-order valence-electron chi connectivity index (χ2n) is 7.52. The highest BCUT2D eigenvalue weighted by atomic mass is 32.1. The SMILES string of the molecule is Cc1ccc(-c2c(C)sc3nc(C)n(CC(=O)c4ccc(F)c(C)c4)c(=O)c23)cc1. The molecule has 0 spiro atoms. The van der Waals surface area contributed by atoms with Gasteiger partial charge < -0.3 is 0 Å². The number of aryl methyl sites for hydroxylation is 4. The summed E-state index contributed by atoms with van der Waals surface area (Å²) >= 11 is 1.48. The molecule has 0 atom stereocenters. The predicted octanol–water partition coefficient (Wildman–Crippen LogP) is 5.38. The van der Waals surface area contributed by atoms with E-state index in [-0.39, 0.29) is 23.7 Å². The van der Waals surface area contributed by atoms with Crippen molar-refractivity contribution in [2.75, 3.05) is 0 Å². The third kappa shape index (κ3) is 3.48. The maximum atomic E-state index is 13.5. The van der Waals surface area contributed by atoms with Crippen LogP contribution in [-0.4, -0.2) is 15.3 Å². The van der Waals surface area contributed by atoms with Crippen LogP contribution in [0.5, 0.6) is 0 Å². The smallest absolute Gasteiger partial charge is 0.263 e. The number of carbonyl (C=O) groups is 1. The summed E-state index contributed by atoms with van der Waals surface area (Å²) in [5.74, 6) is -0.135. The van der Waals surface area contributed by atoms with Gasteiger partial charge in [-0.2, -0.15) is 0 Å². The molecule has 6 heteroatoms. The molecule has 0 radical (unpaired) electrons. The van der Waals surface area contributed by atoms with Crippen LogP contribution < -0.4 is 5.56 Å². The molecule has 0 fully saturated rings. The van der Waals surface area contributed by atoms with Crippen molar-refractivity contribution in [2.24, 2.45) is 0 Å². The van der Waals surface area contributed by atoms with Crippen molar-refractivity contribution >= 4 is 27.3 Å². The molecule has 0 bridgehead atoms. The molecule has 0 aliphatic rings. The van der Waals surface area contributed by atoms with Crippen LogP contribution in [0, 0.1) is 33.5 Å². The van der Waals surface area contributed by atoms with Gasteiger partial charge in [-0.1, -0.05) is 29.8 Å². The van der Waals surface area contributed by atoms with Gasteiger partial charge in [0.15, 0.2) is 5.78 Å². The standard InChI is InChI=1S/C24H21FN2O2S/c1-13-5-7-17(8-6-13)21-15(3)30-23-22(21)24(29)27(16(4)26-23)12-20(28)18-9-10-19(25)14(2)11-18/h5-11H,12H2,1-4H3. The highest BCUT2D eigenvalue weighted by Crippen LogP contribution is 2.35. The lowest BCUT2D eigenvalue weighted by Gasteiger charge is -2.10. The van der Waals surface area contributed by atoms with E-state index in [1.165, 1.54) is 34.1 Å². The lowest BCUT2D eigenvalue weighted by molar-refractivity contribution is 0.0969. The zero-order chi connectivity index (χ0) is 21.6. The van der Waals surface area contributed by atoms with Gasteiger partial charge in [-0.25, -0.2) is 9.37 Å². The Bertz CT molecular complexity index is 1350. The van der Waals surface area contributed by atoms with E-state index in [9.17, 15) is 14.0 Å². The number of hydrogen-bond donors (Lipinski definition) is 0. The van der Waals surface area contributed by atoms with Crippen LogP contribution in [-0.2, 0) is 6.54 Å². The van der Waals surface area contributed by atoms with Crippen LogP contribution >= 0.6 is 11.3 Å². The van der Waals surface area contributed by atoms with Gasteiger partial charge in [-0.15, -0.1) is 11.3 Å². The Hall–Kier alpha value is -3.12. The second-order valence-corrected chi connectivity index (χ2v) is 8.72. The summed E-state index contributed by atoms with van der Waals surface area (Å²) in [6.07, 6.45) is 0. The van der Waals surface area contributed by atoms with E-state index in [1.54, 1.807) is 13.8 Å². The van der Waals surface area contributed by atoms with E-state index in [4.69, 9.17) is 0 Å². The molecule has 2 aromatic heterocycles. The number of carbonyl (C=O) groups excluding carboxylic acids is 1. The summed E-state index contributed by atoms with van der Waals surface area (Å²) in [7, 11) is 0. The maximum absolute atomic E-state index is 13.5. The Balaban J connectivity index is 1.84. The zero-order valence-electron chi connectivity index (χ0n) is 17.2. The van der Waals surface area contributed by atoms with Crippen molar-refractivity contribution < 1.29 is 9.18 Å². The van der Waals surface area contributed by atoms with Crippen molar-refractivity contribution in [1.82, 2.24) is 9.55 Å². The first kappa shape index (κ1) is 20.2. The molecule has 30 heavy (non-hydrogen) atoms. The summed E-state index contributed by atoms with van der Waals surface area (Å²) in [6.45, 7) is 7.20. The van der Waals surface area contributed by atoms with Crippen LogP contribution in [0.3, 0.4) is 0 Å². The second kappa shape index (κ2) is 7.61. The number of thiophene rings is 1. The van der Waals surface area contributed by atoms with Crippen LogP contribution in [0.15, 0.2) is 47.3 Å². The highest BCUT2D eigenvalue weighted by Gasteiger charge is 2.20. The highest BCUT2D eigenvalue weighted by molar-refractivity contribution is 7.19. The lowest BCUT2D eigenvalue weighted by atomic mass is 10.0. The van der Waals surface area contributed by atoms with Crippen molar-refractivity contribution in [3.63, 3.8) is 0 Å². The molecule has 2 aromatic carbocycles. The molecule has 2 heterocycles. The van der Waals surface area contributed by atoms with Gasteiger partial charge in [0.1, 0.15) is 16.5 Å². The van der Waals surface area contributed by atoms with Gasteiger partial charge in [0.05, 0.1) is 11.9 Å². The molecule has 0 unspecified atom stereocenters. The minimum absolute atomic E-state index is 0.138. The number of ketones is 1. The van der Waals surface area contributed by atoms with Gasteiger partial charge in [0.2, 0.25) is 0 Å². The fourth-order valence-corrected chi connectivity index (χ4v) is 4.68. The molecule has 0 aliphatic carbocycles. The first-order chi connectivity index (χ1) is 14.3. The Morgan fingerprint density at radius 3 is 2.43 bits per heavy atom. The summed E-state index contributed by atoms with van der Waals surface area (Å²) in [5.41, 5.74) is 3.51. The van der Waals surface area contributed by atoms with E-state index in [2.05, 4.69) is 4.98 Å². The number of halogens is 1. The largest absolute Gasteiger partial charge is 0.292 e. The average Bonchev–Trinajstić information content (AvgIpc) is 3.03. The molecule has 4 aromatic rings. The predicted molar refractivity (Wildman–Crippen MR) is 119 cm³/mol. The minimum atomic E-state index is -0.362. The summed E-state index contributed by atoms with van der Waals surface area (Å²) in [5, 5.41) is 0.537. The van der Waals surface area contributed by atoms with Crippen LogP contribution in [0.4, 0.5) is 4.39 Å². The van der Waals surface area contributed by atoms with E-state index < -0.39 is 0 Å². The molecule has 0 saturated carbocycles. The maximum Gasteiger partial charge on any atom is 0.263 e. The van der Waals surface area contributed by atoms with Gasteiger partial charge in [0.25, 0.3) is 5.56 Å². The quantitative estimate of drug-likeness (QED) is 0.417. The van der Waals surface area contributed by atoms with Crippen LogP contribution in [0.25, 0.3) is 21.3 Å². The Morgan fingerprint density at radius 1 is 1.07 bits per heavy atom. The van der Waals surface area contributed by atoms with E-state index >= 15 is 0 Å². The van der Waals surface area contributed by atoms with Crippen LogP contribution in [0.1, 0.15) is 32.2 Å². The zero-order valence-corrected chi connectivity index (χ0v) is 18.1. The molecule has 152 valence electrons. The summed E-state index contributed by atoms with van der Waals surface area (Å²) in [6, 6.07) is 12.3. The van der Waals surface area contributed by atoms with Crippen molar-refractivity contribution in [3.8, 4) is 11.1 Å². The molecule has 0 aliphatic heterocycles. The van der Waals surface area contributed by atoms with Gasteiger partial charge in [-0.05, 0) is 57.0 Å². The molecular weight excluding hydrogens is 399 g/mol. The van der Waals surface area contributed by atoms with Crippen LogP contribution in [0.2, 0.25) is 0 Å². The third-order valence-corrected chi connectivity index (χ3v) is 6.30. The number of aromatic nitrogens is 2. The Kier molecular flexibility index (Phi) is 5.12.